The SMILES string of the molecule is O=C(O)C1(CNS(=O)(=O)c2cc(Cl)sc2Cl)CCCCC1. The normalized spacial score (nSPS) is 18.6. The van der Waals surface area contributed by atoms with Crippen molar-refractivity contribution in [2.24, 2.45) is 5.41 Å². The van der Waals surface area contributed by atoms with Crippen LogP contribution in [-0.2, 0) is 14.8 Å². The molecule has 0 aliphatic heterocycles. The number of sulfonamides is 1. The summed E-state index contributed by atoms with van der Waals surface area (Å²) in [6, 6.07) is 1.27. The fourth-order valence-corrected chi connectivity index (χ4v) is 5.79. The third-order valence-electron chi connectivity index (χ3n) is 3.78. The van der Waals surface area contributed by atoms with Crippen LogP contribution < -0.4 is 4.72 Å². The Morgan fingerprint density at radius 2 is 1.95 bits per heavy atom. The maximum Gasteiger partial charge on any atom is 0.310 e. The zero-order valence-corrected chi connectivity index (χ0v) is 14.2. The molecule has 21 heavy (non-hydrogen) atoms. The molecule has 1 saturated carbocycles. The Bertz CT molecular complexity index is 636. The molecular formula is C12H15Cl2NO4S2. The summed E-state index contributed by atoms with van der Waals surface area (Å²) in [7, 11) is -3.86. The van der Waals surface area contributed by atoms with Crippen LogP contribution in [0.3, 0.4) is 0 Å². The van der Waals surface area contributed by atoms with Crippen molar-refractivity contribution < 1.29 is 18.3 Å². The highest BCUT2D eigenvalue weighted by molar-refractivity contribution is 7.89. The molecule has 1 aliphatic carbocycles. The maximum atomic E-state index is 12.2. The molecule has 0 bridgehead atoms. The number of nitrogens with one attached hydrogen (secondary N) is 1. The van der Waals surface area contributed by atoms with E-state index in [0.29, 0.717) is 12.8 Å². The van der Waals surface area contributed by atoms with Gasteiger partial charge in [0.05, 0.1) is 9.75 Å². The van der Waals surface area contributed by atoms with Gasteiger partial charge in [-0.05, 0) is 18.9 Å². The molecule has 1 aromatic rings. The van der Waals surface area contributed by atoms with Gasteiger partial charge < -0.3 is 5.11 Å². The number of rotatable bonds is 5. The van der Waals surface area contributed by atoms with Crippen LogP contribution in [0.15, 0.2) is 11.0 Å². The van der Waals surface area contributed by atoms with Crippen LogP contribution in [-0.4, -0.2) is 26.0 Å². The summed E-state index contributed by atoms with van der Waals surface area (Å²) in [5.74, 6) is -0.959. The Morgan fingerprint density at radius 3 is 2.43 bits per heavy atom. The van der Waals surface area contributed by atoms with E-state index in [9.17, 15) is 18.3 Å². The van der Waals surface area contributed by atoms with E-state index >= 15 is 0 Å². The van der Waals surface area contributed by atoms with Crippen molar-refractivity contribution >= 4 is 50.5 Å². The van der Waals surface area contributed by atoms with Gasteiger partial charge in [0.15, 0.2) is 0 Å². The largest absolute Gasteiger partial charge is 0.481 e. The molecule has 0 radical (unpaired) electrons. The number of hydrogen-bond donors (Lipinski definition) is 2. The number of carboxylic acids is 1. The molecule has 0 saturated heterocycles. The van der Waals surface area contributed by atoms with E-state index in [4.69, 9.17) is 23.2 Å². The number of thiophene rings is 1. The van der Waals surface area contributed by atoms with E-state index in [-0.39, 0.29) is 20.1 Å². The summed E-state index contributed by atoms with van der Waals surface area (Å²) in [5.41, 5.74) is -1.03. The topological polar surface area (TPSA) is 83.5 Å². The zero-order chi connectivity index (χ0) is 15.7. The maximum absolute atomic E-state index is 12.2. The van der Waals surface area contributed by atoms with Gasteiger partial charge in [-0.1, -0.05) is 42.5 Å². The zero-order valence-electron chi connectivity index (χ0n) is 11.1. The number of hydrogen-bond acceptors (Lipinski definition) is 4. The molecule has 0 atom stereocenters. The van der Waals surface area contributed by atoms with Gasteiger partial charge in [-0.2, -0.15) is 0 Å². The molecule has 1 heterocycles. The molecule has 0 amide bonds. The Morgan fingerprint density at radius 1 is 1.33 bits per heavy atom. The van der Waals surface area contributed by atoms with E-state index in [0.717, 1.165) is 30.6 Å². The molecule has 0 aromatic carbocycles. The van der Waals surface area contributed by atoms with Crippen molar-refractivity contribution in [2.45, 2.75) is 37.0 Å². The van der Waals surface area contributed by atoms with Crippen LogP contribution in [0.1, 0.15) is 32.1 Å². The molecular weight excluding hydrogens is 357 g/mol. The first kappa shape index (κ1) is 17.0. The van der Waals surface area contributed by atoms with Gasteiger partial charge in [0.1, 0.15) is 9.23 Å². The number of halogens is 2. The third kappa shape index (κ3) is 3.71. The molecule has 2 N–H and O–H groups in total. The summed E-state index contributed by atoms with van der Waals surface area (Å²) < 4.78 is 27.2. The van der Waals surface area contributed by atoms with E-state index < -0.39 is 21.4 Å². The highest BCUT2D eigenvalue weighted by Crippen LogP contribution is 2.37. The average Bonchev–Trinajstić information content (AvgIpc) is 2.77. The lowest BCUT2D eigenvalue weighted by Gasteiger charge is -2.33. The Balaban J connectivity index is 2.17. The first-order valence-electron chi connectivity index (χ1n) is 6.45. The highest BCUT2D eigenvalue weighted by atomic mass is 35.5. The molecule has 1 aromatic heterocycles. The fraction of sp³-hybridized carbons (Fsp3) is 0.583. The van der Waals surface area contributed by atoms with Crippen LogP contribution in [0.5, 0.6) is 0 Å². The predicted octanol–water partition coefficient (Wildman–Crippen LogP) is 3.37. The van der Waals surface area contributed by atoms with Crippen molar-refractivity contribution in [3.8, 4) is 0 Å². The van der Waals surface area contributed by atoms with Gasteiger partial charge in [0.2, 0.25) is 10.0 Å². The van der Waals surface area contributed by atoms with E-state index in [2.05, 4.69) is 4.72 Å². The van der Waals surface area contributed by atoms with E-state index in [1.165, 1.54) is 6.07 Å². The van der Waals surface area contributed by atoms with Gasteiger partial charge >= 0.3 is 5.97 Å². The molecule has 9 heteroatoms. The first-order chi connectivity index (χ1) is 9.77. The van der Waals surface area contributed by atoms with Crippen LogP contribution >= 0.6 is 34.5 Å². The van der Waals surface area contributed by atoms with Crippen LogP contribution in [0.25, 0.3) is 0 Å². The second-order valence-corrected chi connectivity index (χ2v) is 9.18. The standard InChI is InChI=1S/C12H15Cl2NO4S2/c13-9-6-8(10(14)20-9)21(18,19)15-7-12(11(16)17)4-2-1-3-5-12/h6,15H,1-5,7H2,(H,16,17). The lowest BCUT2D eigenvalue weighted by molar-refractivity contribution is -0.150. The summed E-state index contributed by atoms with van der Waals surface area (Å²) in [4.78, 5) is 11.4. The number of carboxylic acid groups (broad SMARTS) is 1. The Hall–Kier alpha value is -0.340. The number of aliphatic carboxylic acids is 1. The van der Waals surface area contributed by atoms with Crippen LogP contribution in [0.2, 0.25) is 8.67 Å². The fourth-order valence-electron chi connectivity index (χ4n) is 2.51. The van der Waals surface area contributed by atoms with Crippen LogP contribution in [0, 0.1) is 5.41 Å². The first-order valence-corrected chi connectivity index (χ1v) is 9.50. The molecule has 118 valence electrons. The lowest BCUT2D eigenvalue weighted by atomic mass is 9.74. The van der Waals surface area contributed by atoms with Gasteiger partial charge in [-0.3, -0.25) is 4.79 Å². The quantitative estimate of drug-likeness (QED) is 0.830. The van der Waals surface area contributed by atoms with Gasteiger partial charge in [-0.25, -0.2) is 13.1 Å². The monoisotopic (exact) mass is 371 g/mol. The van der Waals surface area contributed by atoms with Crippen molar-refractivity contribution in [3.63, 3.8) is 0 Å². The smallest absolute Gasteiger partial charge is 0.310 e. The van der Waals surface area contributed by atoms with Crippen molar-refractivity contribution in [2.75, 3.05) is 6.54 Å². The molecule has 0 unspecified atom stereocenters. The Labute approximate surface area is 137 Å². The van der Waals surface area contributed by atoms with Crippen molar-refractivity contribution in [1.82, 2.24) is 4.72 Å². The molecule has 0 spiro atoms. The second-order valence-electron chi connectivity index (χ2n) is 5.16. The predicted molar refractivity (Wildman–Crippen MR) is 82.7 cm³/mol. The summed E-state index contributed by atoms with van der Waals surface area (Å²) in [5, 5.41) is 9.43. The van der Waals surface area contributed by atoms with Crippen molar-refractivity contribution in [3.05, 3.63) is 14.7 Å². The van der Waals surface area contributed by atoms with E-state index in [1.807, 2.05) is 0 Å². The minimum atomic E-state index is -3.86. The Kier molecular flexibility index (Phi) is 5.20. The molecule has 2 rings (SSSR count). The van der Waals surface area contributed by atoms with E-state index in [1.54, 1.807) is 0 Å². The van der Waals surface area contributed by atoms with Gasteiger partial charge in [0.25, 0.3) is 0 Å². The molecule has 1 fully saturated rings. The summed E-state index contributed by atoms with van der Waals surface area (Å²) in [6.07, 6.45) is 3.51. The summed E-state index contributed by atoms with van der Waals surface area (Å²) >= 11 is 12.6. The van der Waals surface area contributed by atoms with Crippen molar-refractivity contribution in [1.29, 1.82) is 0 Å². The highest BCUT2D eigenvalue weighted by Gasteiger charge is 2.40. The molecule has 1 aliphatic rings. The number of carbonyl (C=O) groups is 1. The van der Waals surface area contributed by atoms with Gasteiger partial charge in [-0.15, -0.1) is 11.3 Å². The lowest BCUT2D eigenvalue weighted by Crippen LogP contribution is -2.44. The summed E-state index contributed by atoms with van der Waals surface area (Å²) in [6.45, 7) is -0.130. The van der Waals surface area contributed by atoms with Crippen LogP contribution in [0.4, 0.5) is 0 Å². The van der Waals surface area contributed by atoms with Gasteiger partial charge in [0, 0.05) is 6.54 Å². The average molecular weight is 372 g/mol. The minimum absolute atomic E-state index is 0.0699. The third-order valence-corrected chi connectivity index (χ3v) is 6.93. The second kappa shape index (κ2) is 6.42. The molecule has 5 nitrogen and oxygen atoms in total. The minimum Gasteiger partial charge on any atom is -0.481 e.